The Bertz CT molecular complexity index is 505. The molecule has 18 heavy (non-hydrogen) atoms. The lowest BCUT2D eigenvalue weighted by Crippen LogP contribution is -2.08. The quantitative estimate of drug-likeness (QED) is 0.895. The van der Waals surface area contributed by atoms with Crippen LogP contribution in [-0.4, -0.2) is 30.6 Å². The highest BCUT2D eigenvalue weighted by atomic mass is 15.1. The molecular formula is C14H18N4. The Morgan fingerprint density at radius 2 is 1.83 bits per heavy atom. The van der Waals surface area contributed by atoms with Gasteiger partial charge in [-0.25, -0.2) is 9.97 Å². The second-order valence-corrected chi connectivity index (χ2v) is 4.24. The fourth-order valence-corrected chi connectivity index (χ4v) is 1.69. The van der Waals surface area contributed by atoms with Gasteiger partial charge in [0.05, 0.1) is 5.69 Å². The lowest BCUT2D eigenvalue weighted by atomic mass is 10.1. The summed E-state index contributed by atoms with van der Waals surface area (Å²) >= 11 is 0. The summed E-state index contributed by atoms with van der Waals surface area (Å²) in [5.74, 6) is 0.673. The van der Waals surface area contributed by atoms with Crippen molar-refractivity contribution >= 4 is 11.6 Å². The molecule has 0 saturated carbocycles. The molecule has 2 aromatic rings. The maximum absolute atomic E-state index is 4.47. The Labute approximate surface area is 108 Å². The van der Waals surface area contributed by atoms with Gasteiger partial charge in [-0.15, -0.1) is 0 Å². The van der Waals surface area contributed by atoms with Crippen LogP contribution in [0.15, 0.2) is 36.5 Å². The van der Waals surface area contributed by atoms with Crippen LogP contribution in [0.2, 0.25) is 0 Å². The summed E-state index contributed by atoms with van der Waals surface area (Å²) in [5.41, 5.74) is 3.22. The van der Waals surface area contributed by atoms with Gasteiger partial charge in [-0.2, -0.15) is 0 Å². The molecule has 0 amide bonds. The second-order valence-electron chi connectivity index (χ2n) is 4.24. The molecule has 1 heterocycles. The highest BCUT2D eigenvalue weighted by Gasteiger charge is 2.02. The molecule has 0 fully saturated rings. The number of rotatable bonds is 4. The first-order chi connectivity index (χ1) is 8.70. The van der Waals surface area contributed by atoms with Crippen molar-refractivity contribution in [3.63, 3.8) is 0 Å². The Kier molecular flexibility index (Phi) is 3.77. The van der Waals surface area contributed by atoms with Gasteiger partial charge in [0.25, 0.3) is 0 Å². The summed E-state index contributed by atoms with van der Waals surface area (Å²) in [6.07, 6.45) is 1.78. The molecule has 0 radical (unpaired) electrons. The number of nitrogens with zero attached hydrogens (tertiary/aromatic N) is 3. The zero-order chi connectivity index (χ0) is 13.0. The third kappa shape index (κ3) is 2.77. The standard InChI is InChI=1S/C14H18N4/c1-4-15-14-16-10-9-13(17-14)11-5-7-12(8-6-11)18(2)3/h5-10H,4H2,1-3H3,(H,15,16,17). The van der Waals surface area contributed by atoms with E-state index in [1.165, 1.54) is 5.69 Å². The van der Waals surface area contributed by atoms with E-state index in [1.807, 2.05) is 27.1 Å². The fraction of sp³-hybridized carbons (Fsp3) is 0.286. The molecule has 94 valence electrons. The normalized spacial score (nSPS) is 10.2. The molecule has 0 spiro atoms. The van der Waals surface area contributed by atoms with Crippen LogP contribution < -0.4 is 10.2 Å². The molecule has 0 aliphatic heterocycles. The molecule has 4 heteroatoms. The zero-order valence-electron chi connectivity index (χ0n) is 11.0. The van der Waals surface area contributed by atoms with Crippen LogP contribution in [0.3, 0.4) is 0 Å². The lowest BCUT2D eigenvalue weighted by Gasteiger charge is -2.12. The molecule has 4 nitrogen and oxygen atoms in total. The van der Waals surface area contributed by atoms with Crippen LogP contribution in [0.4, 0.5) is 11.6 Å². The van der Waals surface area contributed by atoms with E-state index in [2.05, 4.69) is 44.5 Å². The predicted molar refractivity (Wildman–Crippen MR) is 76.0 cm³/mol. The molecule has 0 aliphatic rings. The minimum absolute atomic E-state index is 0.673. The predicted octanol–water partition coefficient (Wildman–Crippen LogP) is 2.64. The fourth-order valence-electron chi connectivity index (χ4n) is 1.69. The van der Waals surface area contributed by atoms with E-state index in [1.54, 1.807) is 6.20 Å². The largest absolute Gasteiger partial charge is 0.378 e. The Hall–Kier alpha value is -2.10. The van der Waals surface area contributed by atoms with Gasteiger partial charge in [0.15, 0.2) is 0 Å². The smallest absolute Gasteiger partial charge is 0.223 e. The number of nitrogens with one attached hydrogen (secondary N) is 1. The zero-order valence-corrected chi connectivity index (χ0v) is 11.0. The van der Waals surface area contributed by atoms with Gasteiger partial charge in [-0.1, -0.05) is 12.1 Å². The average molecular weight is 242 g/mol. The van der Waals surface area contributed by atoms with Gasteiger partial charge in [0.1, 0.15) is 0 Å². The highest BCUT2D eigenvalue weighted by Crippen LogP contribution is 2.21. The van der Waals surface area contributed by atoms with Gasteiger partial charge in [-0.05, 0) is 25.1 Å². The third-order valence-corrected chi connectivity index (χ3v) is 2.67. The number of aromatic nitrogens is 2. The molecule has 0 unspecified atom stereocenters. The average Bonchev–Trinajstić information content (AvgIpc) is 2.39. The van der Waals surface area contributed by atoms with Gasteiger partial charge in [0.2, 0.25) is 5.95 Å². The lowest BCUT2D eigenvalue weighted by molar-refractivity contribution is 1.09. The summed E-state index contributed by atoms with van der Waals surface area (Å²) in [6.45, 7) is 2.85. The molecule has 1 aromatic carbocycles. The molecule has 2 rings (SSSR count). The maximum atomic E-state index is 4.47. The van der Waals surface area contributed by atoms with E-state index >= 15 is 0 Å². The number of hydrogen-bond acceptors (Lipinski definition) is 4. The first kappa shape index (κ1) is 12.4. The highest BCUT2D eigenvalue weighted by molar-refractivity contribution is 5.63. The van der Waals surface area contributed by atoms with Crippen molar-refractivity contribution in [2.45, 2.75) is 6.92 Å². The molecule has 0 aliphatic carbocycles. The molecule has 1 aromatic heterocycles. The van der Waals surface area contributed by atoms with E-state index in [0.717, 1.165) is 17.8 Å². The van der Waals surface area contributed by atoms with Gasteiger partial charge >= 0.3 is 0 Å². The minimum atomic E-state index is 0.673. The van der Waals surface area contributed by atoms with Crippen molar-refractivity contribution in [3.8, 4) is 11.3 Å². The van der Waals surface area contributed by atoms with Crippen LogP contribution in [0.1, 0.15) is 6.92 Å². The molecule has 1 N–H and O–H groups in total. The SMILES string of the molecule is CCNc1nccc(-c2ccc(N(C)C)cc2)n1. The second kappa shape index (κ2) is 5.49. The van der Waals surface area contributed by atoms with Crippen LogP contribution >= 0.6 is 0 Å². The van der Waals surface area contributed by atoms with Crippen LogP contribution in [0, 0.1) is 0 Å². The van der Waals surface area contributed by atoms with Crippen molar-refractivity contribution in [2.75, 3.05) is 30.9 Å². The Balaban J connectivity index is 2.27. The van der Waals surface area contributed by atoms with E-state index in [0.29, 0.717) is 5.95 Å². The van der Waals surface area contributed by atoms with Crippen molar-refractivity contribution in [2.24, 2.45) is 0 Å². The Morgan fingerprint density at radius 3 is 2.44 bits per heavy atom. The van der Waals surface area contributed by atoms with Crippen LogP contribution in [0.5, 0.6) is 0 Å². The summed E-state index contributed by atoms with van der Waals surface area (Å²) in [6, 6.07) is 10.3. The molecule has 0 saturated heterocycles. The minimum Gasteiger partial charge on any atom is -0.378 e. The van der Waals surface area contributed by atoms with E-state index in [-0.39, 0.29) is 0 Å². The van der Waals surface area contributed by atoms with Gasteiger partial charge in [-0.3, -0.25) is 0 Å². The topological polar surface area (TPSA) is 41.1 Å². The van der Waals surface area contributed by atoms with E-state index in [9.17, 15) is 0 Å². The third-order valence-electron chi connectivity index (χ3n) is 2.67. The van der Waals surface area contributed by atoms with Crippen molar-refractivity contribution in [1.29, 1.82) is 0 Å². The maximum Gasteiger partial charge on any atom is 0.223 e. The summed E-state index contributed by atoms with van der Waals surface area (Å²) in [7, 11) is 4.06. The van der Waals surface area contributed by atoms with Crippen molar-refractivity contribution in [1.82, 2.24) is 9.97 Å². The summed E-state index contributed by atoms with van der Waals surface area (Å²) in [5, 5.41) is 3.12. The van der Waals surface area contributed by atoms with Crippen molar-refractivity contribution in [3.05, 3.63) is 36.5 Å². The molecular weight excluding hydrogens is 224 g/mol. The van der Waals surface area contributed by atoms with Crippen LogP contribution in [-0.2, 0) is 0 Å². The van der Waals surface area contributed by atoms with Gasteiger partial charge < -0.3 is 10.2 Å². The Morgan fingerprint density at radius 1 is 1.11 bits per heavy atom. The number of benzene rings is 1. The van der Waals surface area contributed by atoms with Gasteiger partial charge in [0, 0.05) is 38.1 Å². The molecule has 0 atom stereocenters. The van der Waals surface area contributed by atoms with E-state index < -0.39 is 0 Å². The molecule has 0 bridgehead atoms. The number of hydrogen-bond donors (Lipinski definition) is 1. The number of anilines is 2. The van der Waals surface area contributed by atoms with E-state index in [4.69, 9.17) is 0 Å². The first-order valence-corrected chi connectivity index (χ1v) is 6.05. The first-order valence-electron chi connectivity index (χ1n) is 6.05. The van der Waals surface area contributed by atoms with Crippen LogP contribution in [0.25, 0.3) is 11.3 Å². The summed E-state index contributed by atoms with van der Waals surface area (Å²) in [4.78, 5) is 10.7. The monoisotopic (exact) mass is 242 g/mol. The summed E-state index contributed by atoms with van der Waals surface area (Å²) < 4.78 is 0. The van der Waals surface area contributed by atoms with Crippen molar-refractivity contribution < 1.29 is 0 Å².